The van der Waals surface area contributed by atoms with E-state index in [1.165, 1.54) is 41.0 Å². The van der Waals surface area contributed by atoms with Crippen LogP contribution >= 0.6 is 23.2 Å². The van der Waals surface area contributed by atoms with E-state index in [1.54, 1.807) is 12.1 Å². The van der Waals surface area contributed by atoms with Gasteiger partial charge >= 0.3 is 12.6 Å². The first kappa shape index (κ1) is 38.3. The fourth-order valence-electron chi connectivity index (χ4n) is 5.80. The number of rotatable bonds is 18. The molecule has 6 rings (SSSR count). The van der Waals surface area contributed by atoms with E-state index in [-0.39, 0.29) is 58.3 Å². The molecule has 2 aliphatic carbocycles. The summed E-state index contributed by atoms with van der Waals surface area (Å²) in [7, 11) is -3.69. The van der Waals surface area contributed by atoms with Gasteiger partial charge in [0.1, 0.15) is 24.0 Å². The van der Waals surface area contributed by atoms with E-state index in [1.807, 2.05) is 0 Å². The summed E-state index contributed by atoms with van der Waals surface area (Å²) in [4.78, 5) is 20.5. The van der Waals surface area contributed by atoms with Crippen molar-refractivity contribution in [3.8, 4) is 17.2 Å². The second kappa shape index (κ2) is 17.1. The molecule has 1 atom stereocenters. The lowest BCUT2D eigenvalue weighted by molar-refractivity contribution is -0.0515. The number of esters is 1. The number of aromatic nitrogens is 1. The predicted molar refractivity (Wildman–Crippen MR) is 192 cm³/mol. The first-order chi connectivity index (χ1) is 24.9. The van der Waals surface area contributed by atoms with Crippen LogP contribution in [0.1, 0.15) is 53.3 Å². The van der Waals surface area contributed by atoms with Gasteiger partial charge < -0.3 is 23.7 Å². The minimum absolute atomic E-state index is 0.00343. The molecular weight excluding hydrogens is 743 g/mol. The Morgan fingerprint density at radius 1 is 0.981 bits per heavy atom. The number of carbonyl (C=O) groups excluding carboxylic acids is 1. The summed E-state index contributed by atoms with van der Waals surface area (Å²) in [5.74, 6) is -0.175. The summed E-state index contributed by atoms with van der Waals surface area (Å²) in [6.45, 7) is 1.05. The fourth-order valence-corrected chi connectivity index (χ4v) is 7.29. The molecule has 1 saturated heterocycles. The average molecular weight is 785 g/mol. The van der Waals surface area contributed by atoms with Crippen molar-refractivity contribution in [3.05, 3.63) is 75.5 Å². The molecule has 11 nitrogen and oxygen atoms in total. The van der Waals surface area contributed by atoms with E-state index in [2.05, 4.69) is 9.88 Å². The third kappa shape index (κ3) is 10.6. The maximum atomic E-state index is 14.3. The number of anilines is 1. The molecule has 2 saturated carbocycles. The zero-order valence-corrected chi connectivity index (χ0v) is 31.0. The molecule has 0 bridgehead atoms. The molecular formula is C36H41Cl2F2N3O8S. The smallest absolute Gasteiger partial charge is 0.387 e. The van der Waals surface area contributed by atoms with Crippen LogP contribution < -0.4 is 18.5 Å². The van der Waals surface area contributed by atoms with Crippen molar-refractivity contribution < 1.29 is 45.7 Å². The van der Waals surface area contributed by atoms with Crippen LogP contribution in [0, 0.1) is 11.8 Å². The maximum Gasteiger partial charge on any atom is 0.387 e. The maximum absolute atomic E-state index is 14.3. The largest absolute Gasteiger partial charge is 0.491 e. The van der Waals surface area contributed by atoms with Gasteiger partial charge in [-0.15, -0.1) is 0 Å². The van der Waals surface area contributed by atoms with Gasteiger partial charge in [-0.3, -0.25) is 14.2 Å². The zero-order chi connectivity index (χ0) is 36.8. The van der Waals surface area contributed by atoms with E-state index >= 15 is 0 Å². The molecule has 282 valence electrons. The van der Waals surface area contributed by atoms with Crippen molar-refractivity contribution >= 4 is 44.9 Å². The molecule has 3 aromatic rings. The first-order valence-corrected chi connectivity index (χ1v) is 19.8. The van der Waals surface area contributed by atoms with Crippen LogP contribution in [0.15, 0.2) is 48.8 Å². The standard InChI is InChI=1S/C36H41Cl2F2N3O8S/c1-52(45,46)43(21-23-2-3-23)26-7-9-31(48-15-12-42-10-13-47-14-11-42)28(17-26)35(44)50-33(18-27-29(37)19-41-20-30(27)38)25-6-8-32(51-36(39)40)34(16-25)49-22-24-4-5-24/h6-9,16-17,19-20,23-24,33,36H,2-5,10-15,18,21-22H2,1H3. The Hall–Kier alpha value is -3.43. The second-order valence-electron chi connectivity index (χ2n) is 13.2. The Morgan fingerprint density at radius 3 is 2.33 bits per heavy atom. The highest BCUT2D eigenvalue weighted by molar-refractivity contribution is 7.92. The zero-order valence-electron chi connectivity index (χ0n) is 28.6. The van der Waals surface area contributed by atoms with Crippen molar-refractivity contribution in [1.29, 1.82) is 0 Å². The van der Waals surface area contributed by atoms with Gasteiger partial charge in [-0.2, -0.15) is 8.78 Å². The van der Waals surface area contributed by atoms with Crippen LogP contribution in [0.5, 0.6) is 17.2 Å². The number of benzene rings is 2. The number of nitrogens with zero attached hydrogens (tertiary/aromatic N) is 3. The van der Waals surface area contributed by atoms with Crippen LogP contribution in [-0.2, 0) is 25.9 Å². The van der Waals surface area contributed by atoms with Crippen molar-refractivity contribution in [3.63, 3.8) is 0 Å². The Kier molecular flexibility index (Phi) is 12.6. The van der Waals surface area contributed by atoms with Crippen LogP contribution in [0.3, 0.4) is 0 Å². The molecule has 16 heteroatoms. The molecule has 52 heavy (non-hydrogen) atoms. The number of hydrogen-bond acceptors (Lipinski definition) is 10. The van der Waals surface area contributed by atoms with E-state index < -0.39 is 28.7 Å². The van der Waals surface area contributed by atoms with Crippen LogP contribution in [0.4, 0.5) is 14.5 Å². The van der Waals surface area contributed by atoms with E-state index in [0.717, 1.165) is 45.0 Å². The average Bonchev–Trinajstić information content (AvgIpc) is 4.04. The Balaban J connectivity index is 1.34. The normalized spacial score (nSPS) is 17.1. The van der Waals surface area contributed by atoms with Gasteiger partial charge in [0.2, 0.25) is 10.0 Å². The lowest BCUT2D eigenvalue weighted by Gasteiger charge is -2.27. The summed E-state index contributed by atoms with van der Waals surface area (Å²) in [6, 6.07) is 8.98. The second-order valence-corrected chi connectivity index (χ2v) is 16.0. The summed E-state index contributed by atoms with van der Waals surface area (Å²) in [5, 5.41) is 0.462. The lowest BCUT2D eigenvalue weighted by Crippen LogP contribution is -2.38. The van der Waals surface area contributed by atoms with Gasteiger partial charge in [-0.25, -0.2) is 13.2 Å². The highest BCUT2D eigenvalue weighted by Gasteiger charge is 2.31. The van der Waals surface area contributed by atoms with Gasteiger partial charge in [0.25, 0.3) is 0 Å². The number of ether oxygens (including phenoxy) is 5. The topological polar surface area (TPSA) is 117 Å². The van der Waals surface area contributed by atoms with Gasteiger partial charge in [0.05, 0.1) is 41.8 Å². The quantitative estimate of drug-likeness (QED) is 0.128. The summed E-state index contributed by atoms with van der Waals surface area (Å²) < 4.78 is 82.2. The van der Waals surface area contributed by atoms with Crippen LogP contribution in [0.25, 0.3) is 0 Å². The first-order valence-electron chi connectivity index (χ1n) is 17.2. The molecule has 0 spiro atoms. The third-order valence-electron chi connectivity index (χ3n) is 9.08. The molecule has 0 radical (unpaired) electrons. The Labute approximate surface area is 312 Å². The molecule has 0 amide bonds. The van der Waals surface area contributed by atoms with Gasteiger partial charge in [0.15, 0.2) is 11.5 Å². The molecule has 1 aliphatic heterocycles. The summed E-state index contributed by atoms with van der Waals surface area (Å²) >= 11 is 13.0. The molecule has 3 aliphatic rings. The fraction of sp³-hybridized carbons (Fsp3) is 0.500. The highest BCUT2D eigenvalue weighted by atomic mass is 35.5. The Bertz CT molecular complexity index is 1800. The molecule has 2 heterocycles. The van der Waals surface area contributed by atoms with Gasteiger partial charge in [-0.1, -0.05) is 29.3 Å². The van der Waals surface area contributed by atoms with Crippen molar-refractivity contribution in [2.24, 2.45) is 11.8 Å². The number of morpholine rings is 1. The third-order valence-corrected chi connectivity index (χ3v) is 10.9. The van der Waals surface area contributed by atoms with E-state index in [0.29, 0.717) is 49.1 Å². The highest BCUT2D eigenvalue weighted by Crippen LogP contribution is 2.39. The number of pyridine rings is 1. The minimum Gasteiger partial charge on any atom is -0.491 e. The van der Waals surface area contributed by atoms with Crippen molar-refractivity contribution in [2.45, 2.75) is 44.8 Å². The molecule has 1 aromatic heterocycles. The number of alkyl halides is 2. The molecule has 0 N–H and O–H groups in total. The SMILES string of the molecule is CS(=O)(=O)N(CC1CC1)c1ccc(OCCN2CCOCC2)c(C(=O)OC(Cc2c(Cl)cncc2Cl)c2ccc(OC(F)F)c(OCC3CC3)c2)c1. The number of sulfonamides is 1. The van der Waals surface area contributed by atoms with Crippen LogP contribution in [0.2, 0.25) is 10.0 Å². The monoisotopic (exact) mass is 783 g/mol. The van der Waals surface area contributed by atoms with Gasteiger partial charge in [-0.05, 0) is 79.0 Å². The number of halogens is 4. The Morgan fingerprint density at radius 2 is 1.67 bits per heavy atom. The summed E-state index contributed by atoms with van der Waals surface area (Å²) in [5.41, 5.74) is 1.13. The van der Waals surface area contributed by atoms with Crippen LogP contribution in [-0.4, -0.2) is 89.7 Å². The van der Waals surface area contributed by atoms with Crippen molar-refractivity contribution in [1.82, 2.24) is 9.88 Å². The molecule has 1 unspecified atom stereocenters. The molecule has 3 fully saturated rings. The van der Waals surface area contributed by atoms with Gasteiger partial charge in [0, 0.05) is 45.0 Å². The summed E-state index contributed by atoms with van der Waals surface area (Å²) in [6.07, 6.45) is 6.63. The van der Waals surface area contributed by atoms with E-state index in [4.69, 9.17) is 46.9 Å². The van der Waals surface area contributed by atoms with E-state index in [9.17, 15) is 22.0 Å². The number of carbonyl (C=O) groups is 1. The van der Waals surface area contributed by atoms with Crippen molar-refractivity contribution in [2.75, 3.05) is 63.2 Å². The minimum atomic E-state index is -3.69. The predicted octanol–water partition coefficient (Wildman–Crippen LogP) is 6.81. The molecule has 2 aromatic carbocycles. The lowest BCUT2D eigenvalue weighted by atomic mass is 10.0. The number of hydrogen-bond donors (Lipinski definition) is 0.